The predicted molar refractivity (Wildman–Crippen MR) is 49.7 cm³/mol. The van der Waals surface area contributed by atoms with E-state index < -0.39 is 0 Å². The molecule has 85 valence electrons. The van der Waals surface area contributed by atoms with E-state index >= 15 is 0 Å². The molecule has 0 rings (SSSR count). The molecule has 0 unspecified atom stereocenters. The minimum Gasteiger partial charge on any atom is -0.512 e. The van der Waals surface area contributed by atoms with Crippen LogP contribution in [-0.2, 0) is 24.3 Å². The van der Waals surface area contributed by atoms with Crippen LogP contribution >= 0.6 is 0 Å². The molecule has 5 heteroatoms. The number of carbonyl (C=O) groups is 1. The van der Waals surface area contributed by atoms with Gasteiger partial charge in [0.05, 0.1) is 18.4 Å². The number of hydrogen-bond acceptors (Lipinski definition) is 2. The molecule has 0 fully saturated rings. The summed E-state index contributed by atoms with van der Waals surface area (Å²) >= 11 is 0. The van der Waals surface area contributed by atoms with Crippen LogP contribution < -0.4 is 0 Å². The molecule has 0 heterocycles. The number of aliphatic hydroxyl groups is 1. The molecule has 0 amide bonds. The number of carbonyl (C=O) groups excluding carboxylic acids is 1. The number of rotatable bonds is 1. The summed E-state index contributed by atoms with van der Waals surface area (Å²) in [7, 11) is 0. The zero-order valence-electron chi connectivity index (χ0n) is 8.09. The van der Waals surface area contributed by atoms with Crippen LogP contribution in [0.2, 0.25) is 0 Å². The molecular weight excluding hydrogens is 281 g/mol. The van der Waals surface area contributed by atoms with E-state index in [0.29, 0.717) is 0 Å². The Morgan fingerprint density at radius 2 is 1.43 bits per heavy atom. The van der Waals surface area contributed by atoms with Gasteiger partial charge in [0.1, 0.15) is 0 Å². The summed E-state index contributed by atoms with van der Waals surface area (Å²) in [5.74, 6) is -0.0625. The molecule has 0 saturated carbocycles. The first-order valence-corrected chi connectivity index (χ1v) is 3.26. The average Bonchev–Trinajstić information content (AvgIpc) is 1.86. The van der Waals surface area contributed by atoms with E-state index in [2.05, 4.69) is 13.2 Å². The maximum absolute atomic E-state index is 10.1. The molecular formula is C9H14F2O2Rh. The molecule has 0 aromatic rings. The summed E-state index contributed by atoms with van der Waals surface area (Å²) < 4.78 is 20.1. The number of hydrogen-bond donors (Lipinski definition) is 1. The van der Waals surface area contributed by atoms with Crippen molar-refractivity contribution in [1.29, 1.82) is 0 Å². The first-order valence-electron chi connectivity index (χ1n) is 3.26. The van der Waals surface area contributed by atoms with Gasteiger partial charge in [-0.3, -0.25) is 4.79 Å². The summed E-state index contributed by atoms with van der Waals surface area (Å²) in [5.41, 5.74) is 0. The molecule has 0 aliphatic rings. The van der Waals surface area contributed by atoms with Gasteiger partial charge in [-0.25, -0.2) is 8.78 Å². The van der Waals surface area contributed by atoms with Crippen molar-refractivity contribution in [3.8, 4) is 0 Å². The van der Waals surface area contributed by atoms with Crippen LogP contribution in [0.25, 0.3) is 0 Å². The third kappa shape index (κ3) is 115. The summed E-state index contributed by atoms with van der Waals surface area (Å²) in [4.78, 5) is 10.0. The van der Waals surface area contributed by atoms with Crippen LogP contribution in [0.4, 0.5) is 8.78 Å². The largest absolute Gasteiger partial charge is 0.512 e. The van der Waals surface area contributed by atoms with Crippen molar-refractivity contribution in [2.24, 2.45) is 0 Å². The van der Waals surface area contributed by atoms with Crippen molar-refractivity contribution in [1.82, 2.24) is 0 Å². The fourth-order valence-corrected chi connectivity index (χ4v) is 0.294. The third-order valence-corrected chi connectivity index (χ3v) is 0.412. The van der Waals surface area contributed by atoms with Crippen LogP contribution in [0.15, 0.2) is 37.7 Å². The Labute approximate surface area is 95.8 Å². The van der Waals surface area contributed by atoms with E-state index in [1.807, 2.05) is 0 Å². The molecule has 0 spiro atoms. The van der Waals surface area contributed by atoms with E-state index in [0.717, 1.165) is 0 Å². The van der Waals surface area contributed by atoms with Gasteiger partial charge >= 0.3 is 0 Å². The monoisotopic (exact) mass is 295 g/mol. The zero-order chi connectivity index (χ0) is 11.3. The van der Waals surface area contributed by atoms with E-state index in [4.69, 9.17) is 5.11 Å². The fourth-order valence-electron chi connectivity index (χ4n) is 0.294. The fraction of sp³-hybridized carbons (Fsp3) is 0.222. The quantitative estimate of drug-likeness (QED) is 0.458. The molecule has 0 atom stereocenters. The zero-order valence-corrected chi connectivity index (χ0v) is 9.73. The summed E-state index contributed by atoms with van der Waals surface area (Å²) in [5, 5.41) is 8.36. The molecule has 0 aromatic carbocycles. The Hall–Kier alpha value is -0.827. The molecule has 1 N–H and O–H groups in total. The van der Waals surface area contributed by atoms with Crippen molar-refractivity contribution >= 4 is 5.78 Å². The number of aliphatic hydroxyl groups excluding tert-OH is 1. The van der Waals surface area contributed by atoms with Gasteiger partial charge in [0.15, 0.2) is 5.78 Å². The van der Waals surface area contributed by atoms with Gasteiger partial charge in [-0.15, -0.1) is 0 Å². The van der Waals surface area contributed by atoms with E-state index in [-0.39, 0.29) is 43.7 Å². The molecule has 0 bridgehead atoms. The second kappa shape index (κ2) is 22.7. The molecule has 2 nitrogen and oxygen atoms in total. The van der Waals surface area contributed by atoms with E-state index in [1.165, 1.54) is 19.9 Å². The summed E-state index contributed by atoms with van der Waals surface area (Å²) in [6, 6.07) is 0. The Bertz CT molecular complexity index is 170. The third-order valence-electron chi connectivity index (χ3n) is 0.412. The second-order valence-electron chi connectivity index (χ2n) is 1.70. The number of ketones is 1. The Balaban J connectivity index is -0.0000000610. The standard InChI is InChI=1S/C5H8O2.2C2H3F.Rh/c1-4(6)3-5(2)7;2*1-2-3;/h3,6H,1-2H3;2*2H,1H2;/b4-3-;;;. The topological polar surface area (TPSA) is 37.3 Å². The average molecular weight is 295 g/mol. The van der Waals surface area contributed by atoms with E-state index in [1.54, 1.807) is 0 Å². The van der Waals surface area contributed by atoms with Crippen molar-refractivity contribution in [2.75, 3.05) is 0 Å². The van der Waals surface area contributed by atoms with E-state index in [9.17, 15) is 13.6 Å². The van der Waals surface area contributed by atoms with Crippen LogP contribution in [0.3, 0.4) is 0 Å². The van der Waals surface area contributed by atoms with Gasteiger partial charge in [-0.2, -0.15) is 0 Å². The Morgan fingerprint density at radius 1 is 1.21 bits per heavy atom. The maximum atomic E-state index is 10.1. The first kappa shape index (κ1) is 23.2. The van der Waals surface area contributed by atoms with Crippen LogP contribution in [-0.4, -0.2) is 10.9 Å². The molecule has 0 saturated heterocycles. The minimum atomic E-state index is -0.125. The van der Waals surface area contributed by atoms with Crippen molar-refractivity contribution in [3.63, 3.8) is 0 Å². The number of halogens is 2. The molecule has 1 radical (unpaired) electrons. The van der Waals surface area contributed by atoms with Crippen molar-refractivity contribution in [3.05, 3.63) is 37.7 Å². The normalized spacial score (nSPS) is 7.57. The minimum absolute atomic E-state index is 0. The summed E-state index contributed by atoms with van der Waals surface area (Å²) in [6.45, 7) is 8.24. The summed E-state index contributed by atoms with van der Waals surface area (Å²) in [6.07, 6.45) is 1.67. The first-order chi connectivity index (χ1) is 5.95. The maximum Gasteiger partial charge on any atom is 0.155 e. The van der Waals surface area contributed by atoms with Crippen LogP contribution in [0.1, 0.15) is 13.8 Å². The molecule has 14 heavy (non-hydrogen) atoms. The predicted octanol–water partition coefficient (Wildman–Crippen LogP) is 3.23. The van der Waals surface area contributed by atoms with Crippen LogP contribution in [0, 0.1) is 0 Å². The molecule has 0 aromatic heterocycles. The van der Waals surface area contributed by atoms with Gasteiger partial charge in [-0.1, -0.05) is 13.2 Å². The molecule has 0 aliphatic carbocycles. The smallest absolute Gasteiger partial charge is 0.155 e. The van der Waals surface area contributed by atoms with Gasteiger partial charge in [0.2, 0.25) is 0 Å². The van der Waals surface area contributed by atoms with Crippen molar-refractivity contribution < 1.29 is 38.2 Å². The van der Waals surface area contributed by atoms with Crippen molar-refractivity contribution in [2.45, 2.75) is 13.8 Å². The Morgan fingerprint density at radius 3 is 1.43 bits per heavy atom. The number of allylic oxidation sites excluding steroid dienone is 2. The molecule has 0 aliphatic heterocycles. The van der Waals surface area contributed by atoms with Crippen LogP contribution in [0.5, 0.6) is 0 Å². The Kier molecular flexibility index (Phi) is 37.7. The van der Waals surface area contributed by atoms with Gasteiger partial charge in [-0.05, 0) is 13.8 Å². The van der Waals surface area contributed by atoms with Gasteiger partial charge < -0.3 is 5.11 Å². The SMILES string of the molecule is C=CF.C=CF.CC(=O)/C=C(/C)O.[Rh]. The van der Waals surface area contributed by atoms with Gasteiger partial charge in [0, 0.05) is 25.6 Å². The second-order valence-corrected chi connectivity index (χ2v) is 1.70. The van der Waals surface area contributed by atoms with Gasteiger partial charge in [0.25, 0.3) is 0 Å².